The molecule has 2 saturated heterocycles. The smallest absolute Gasteiger partial charge is 0.193 e. The third kappa shape index (κ3) is 5.18. The highest BCUT2D eigenvalue weighted by Crippen LogP contribution is 2.19. The predicted molar refractivity (Wildman–Crippen MR) is 112 cm³/mol. The summed E-state index contributed by atoms with van der Waals surface area (Å²) in [6, 6.07) is 3.01. The van der Waals surface area contributed by atoms with Crippen molar-refractivity contribution >= 4 is 45.6 Å². The monoisotopic (exact) mass is 497 g/mol. The minimum atomic E-state index is -2.86. The van der Waals surface area contributed by atoms with E-state index in [1.165, 1.54) is 6.07 Å². The average Bonchev–Trinajstić information content (AvgIpc) is 2.95. The third-order valence-electron chi connectivity index (χ3n) is 4.71. The maximum Gasteiger partial charge on any atom is 0.193 e. The molecule has 0 saturated carbocycles. The molecule has 26 heavy (non-hydrogen) atoms. The zero-order valence-corrected chi connectivity index (χ0v) is 17.9. The van der Waals surface area contributed by atoms with Gasteiger partial charge in [0, 0.05) is 46.0 Å². The van der Waals surface area contributed by atoms with Gasteiger partial charge < -0.3 is 15.1 Å². The Balaban J connectivity index is 0.00000243. The number of halogens is 2. The van der Waals surface area contributed by atoms with Gasteiger partial charge in [-0.1, -0.05) is 0 Å². The van der Waals surface area contributed by atoms with E-state index in [1.54, 1.807) is 19.3 Å². The van der Waals surface area contributed by atoms with Crippen molar-refractivity contribution in [3.05, 3.63) is 24.1 Å². The molecule has 1 unspecified atom stereocenters. The van der Waals surface area contributed by atoms with E-state index in [4.69, 9.17) is 0 Å². The second kappa shape index (κ2) is 9.16. The maximum absolute atomic E-state index is 13.8. The molecule has 3 rings (SSSR count). The Morgan fingerprint density at radius 3 is 2.69 bits per heavy atom. The van der Waals surface area contributed by atoms with Crippen LogP contribution in [-0.4, -0.2) is 75.5 Å². The molecule has 1 atom stereocenters. The van der Waals surface area contributed by atoms with Crippen LogP contribution in [-0.2, 0) is 9.84 Å². The Hall–Kier alpha value is -1.17. The molecule has 0 aromatic carbocycles. The lowest BCUT2D eigenvalue weighted by molar-refractivity contribution is 0.366. The normalized spacial score (nSPS) is 22.8. The Bertz CT molecular complexity index is 738. The van der Waals surface area contributed by atoms with Crippen LogP contribution in [0.2, 0.25) is 0 Å². The summed E-state index contributed by atoms with van der Waals surface area (Å²) in [6.07, 6.45) is 2.31. The molecular formula is C16H25FIN5O2S. The van der Waals surface area contributed by atoms with Crippen molar-refractivity contribution in [2.45, 2.75) is 6.42 Å². The van der Waals surface area contributed by atoms with E-state index < -0.39 is 9.84 Å². The summed E-state index contributed by atoms with van der Waals surface area (Å²) in [4.78, 5) is 12.5. The van der Waals surface area contributed by atoms with E-state index in [0.29, 0.717) is 45.0 Å². The van der Waals surface area contributed by atoms with E-state index in [0.717, 1.165) is 5.96 Å². The summed E-state index contributed by atoms with van der Waals surface area (Å²) >= 11 is 0. The molecule has 10 heteroatoms. The summed E-state index contributed by atoms with van der Waals surface area (Å²) in [6.45, 7) is 3.34. The van der Waals surface area contributed by atoms with Crippen molar-refractivity contribution in [2.75, 3.05) is 56.2 Å². The fraction of sp³-hybridized carbons (Fsp3) is 0.625. The fourth-order valence-corrected chi connectivity index (χ4v) is 5.20. The molecule has 146 valence electrons. The van der Waals surface area contributed by atoms with Crippen LogP contribution in [0.3, 0.4) is 0 Å². The van der Waals surface area contributed by atoms with Gasteiger partial charge in [0.15, 0.2) is 27.4 Å². The number of nitrogens with one attached hydrogen (secondary N) is 1. The van der Waals surface area contributed by atoms with Gasteiger partial charge in [0.1, 0.15) is 0 Å². The van der Waals surface area contributed by atoms with Crippen LogP contribution in [0.5, 0.6) is 0 Å². The Labute approximate surface area is 171 Å². The van der Waals surface area contributed by atoms with E-state index in [9.17, 15) is 12.8 Å². The van der Waals surface area contributed by atoms with Gasteiger partial charge in [0.25, 0.3) is 0 Å². The fourth-order valence-electron chi connectivity index (χ4n) is 3.34. The van der Waals surface area contributed by atoms with Crippen LogP contribution in [0.4, 0.5) is 10.2 Å². The summed E-state index contributed by atoms with van der Waals surface area (Å²) in [7, 11) is -1.14. The maximum atomic E-state index is 13.8. The number of hydrogen-bond donors (Lipinski definition) is 1. The van der Waals surface area contributed by atoms with Crippen LogP contribution in [0.15, 0.2) is 23.3 Å². The zero-order chi connectivity index (χ0) is 17.9. The molecule has 1 N–H and O–H groups in total. The van der Waals surface area contributed by atoms with Crippen molar-refractivity contribution in [2.24, 2.45) is 10.9 Å². The molecule has 0 amide bonds. The van der Waals surface area contributed by atoms with Crippen molar-refractivity contribution in [1.82, 2.24) is 15.2 Å². The average molecular weight is 497 g/mol. The van der Waals surface area contributed by atoms with Crippen LogP contribution < -0.4 is 10.2 Å². The Morgan fingerprint density at radius 2 is 2.12 bits per heavy atom. The molecule has 2 fully saturated rings. The first-order valence-corrected chi connectivity index (χ1v) is 10.3. The number of piperazine rings is 1. The summed E-state index contributed by atoms with van der Waals surface area (Å²) < 4.78 is 36.9. The van der Waals surface area contributed by atoms with E-state index in [1.807, 2.05) is 4.90 Å². The number of nitrogens with zero attached hydrogens (tertiary/aromatic N) is 4. The topological polar surface area (TPSA) is 77.9 Å². The van der Waals surface area contributed by atoms with Crippen LogP contribution in [0.1, 0.15) is 6.42 Å². The second-order valence-corrected chi connectivity index (χ2v) is 8.71. The summed E-state index contributed by atoms with van der Waals surface area (Å²) in [5.41, 5.74) is 0. The van der Waals surface area contributed by atoms with Crippen LogP contribution in [0.25, 0.3) is 0 Å². The molecule has 2 aliphatic heterocycles. The van der Waals surface area contributed by atoms with Gasteiger partial charge in [0.2, 0.25) is 0 Å². The summed E-state index contributed by atoms with van der Waals surface area (Å²) in [5.74, 6) is 1.54. The Kier molecular flexibility index (Phi) is 7.44. The van der Waals surface area contributed by atoms with Gasteiger partial charge in [-0.2, -0.15) is 0 Å². The number of guanidine groups is 1. The van der Waals surface area contributed by atoms with Gasteiger partial charge in [-0.25, -0.2) is 17.8 Å². The van der Waals surface area contributed by atoms with E-state index in [2.05, 4.69) is 20.2 Å². The molecule has 0 bridgehead atoms. The molecular weight excluding hydrogens is 472 g/mol. The van der Waals surface area contributed by atoms with Gasteiger partial charge in [0.05, 0.1) is 11.5 Å². The van der Waals surface area contributed by atoms with E-state index >= 15 is 0 Å². The number of anilines is 1. The van der Waals surface area contributed by atoms with Crippen LogP contribution in [0, 0.1) is 11.7 Å². The van der Waals surface area contributed by atoms with Crippen molar-refractivity contribution in [3.63, 3.8) is 0 Å². The quantitative estimate of drug-likeness (QED) is 0.381. The highest BCUT2D eigenvalue weighted by Gasteiger charge is 2.28. The lowest BCUT2D eigenvalue weighted by atomic mass is 10.1. The standard InChI is InChI=1S/C16H24FN5O2S.HI/c1-18-16(20-11-13-4-10-25(23,24)12-13)22-8-6-21(7-9-22)15-14(17)3-2-5-19-15;/h2-3,5,13H,4,6-12H2,1H3,(H,18,20);1H. The molecule has 2 aliphatic rings. The molecule has 7 nitrogen and oxygen atoms in total. The van der Waals surface area contributed by atoms with Gasteiger partial charge in [-0.05, 0) is 24.5 Å². The predicted octanol–water partition coefficient (Wildman–Crippen LogP) is 0.971. The highest BCUT2D eigenvalue weighted by molar-refractivity contribution is 14.0. The molecule has 3 heterocycles. The first-order valence-electron chi connectivity index (χ1n) is 8.50. The molecule has 1 aromatic rings. The zero-order valence-electron chi connectivity index (χ0n) is 14.8. The molecule has 0 spiro atoms. The highest BCUT2D eigenvalue weighted by atomic mass is 127. The number of sulfone groups is 1. The number of hydrogen-bond acceptors (Lipinski definition) is 5. The third-order valence-corrected chi connectivity index (χ3v) is 6.54. The van der Waals surface area contributed by atoms with E-state index in [-0.39, 0.29) is 47.2 Å². The van der Waals surface area contributed by atoms with Crippen LogP contribution >= 0.6 is 24.0 Å². The number of rotatable bonds is 3. The first kappa shape index (κ1) is 21.1. The van der Waals surface area contributed by atoms with Crippen molar-refractivity contribution < 1.29 is 12.8 Å². The second-order valence-electron chi connectivity index (χ2n) is 6.48. The minimum absolute atomic E-state index is 0. The van der Waals surface area contributed by atoms with Gasteiger partial charge in [-0.3, -0.25) is 4.99 Å². The largest absolute Gasteiger partial charge is 0.356 e. The van der Waals surface area contributed by atoms with Crippen molar-refractivity contribution in [3.8, 4) is 0 Å². The van der Waals surface area contributed by atoms with Gasteiger partial charge in [-0.15, -0.1) is 24.0 Å². The number of aromatic nitrogens is 1. The SMILES string of the molecule is CN=C(NCC1CCS(=O)(=O)C1)N1CCN(c2ncccc2F)CC1.I. The lowest BCUT2D eigenvalue weighted by Gasteiger charge is -2.37. The number of pyridine rings is 1. The minimum Gasteiger partial charge on any atom is -0.356 e. The van der Waals surface area contributed by atoms with Crippen molar-refractivity contribution in [1.29, 1.82) is 0 Å². The first-order chi connectivity index (χ1) is 12.0. The number of aliphatic imine (C=N–C) groups is 1. The lowest BCUT2D eigenvalue weighted by Crippen LogP contribution is -2.53. The van der Waals surface area contributed by atoms with Gasteiger partial charge >= 0.3 is 0 Å². The summed E-state index contributed by atoms with van der Waals surface area (Å²) in [5, 5.41) is 3.29. The molecule has 1 aromatic heterocycles. The Morgan fingerprint density at radius 1 is 1.38 bits per heavy atom. The molecule has 0 aliphatic carbocycles. The molecule has 0 radical (unpaired) electrons.